The quantitative estimate of drug-likeness (QED) is 0.472. The van der Waals surface area contributed by atoms with Crippen molar-refractivity contribution in [2.75, 3.05) is 4.90 Å². The summed E-state index contributed by atoms with van der Waals surface area (Å²) in [7, 11) is 0. The molecule has 1 atom stereocenters. The van der Waals surface area contributed by atoms with Crippen LogP contribution < -0.4 is 15.8 Å². The molecule has 1 saturated heterocycles. The zero-order chi connectivity index (χ0) is 18.7. The lowest BCUT2D eigenvalue weighted by Gasteiger charge is -2.15. The second-order valence-corrected chi connectivity index (χ2v) is 5.56. The van der Waals surface area contributed by atoms with Gasteiger partial charge in [-0.15, -0.1) is 0 Å². The van der Waals surface area contributed by atoms with Crippen LogP contribution in [0.3, 0.4) is 0 Å². The fourth-order valence-corrected chi connectivity index (χ4v) is 2.55. The van der Waals surface area contributed by atoms with Crippen molar-refractivity contribution >= 4 is 29.1 Å². The van der Waals surface area contributed by atoms with Gasteiger partial charge in [-0.05, 0) is 24.3 Å². The van der Waals surface area contributed by atoms with Crippen LogP contribution in [0.5, 0.6) is 0 Å². The Morgan fingerprint density at radius 3 is 2.35 bits per heavy atom. The maximum atomic E-state index is 12.4. The first-order valence-electron chi connectivity index (χ1n) is 7.69. The molecule has 0 aromatic heterocycles. The van der Waals surface area contributed by atoms with E-state index in [9.17, 15) is 24.5 Å². The molecule has 2 aromatic carbocycles. The molecule has 0 radical (unpaired) electrons. The molecule has 1 aliphatic rings. The first kappa shape index (κ1) is 17.2. The highest BCUT2D eigenvalue weighted by Crippen LogP contribution is 2.22. The Bertz CT molecular complexity index is 866. The normalized spacial score (nSPS) is 16.6. The monoisotopic (exact) mass is 354 g/mol. The van der Waals surface area contributed by atoms with Crippen molar-refractivity contribution in [2.45, 2.75) is 12.5 Å². The average molecular weight is 354 g/mol. The maximum absolute atomic E-state index is 12.4. The number of non-ortho nitro benzene ring substituents is 1. The molecule has 0 spiro atoms. The number of carbonyl (C=O) groups excluding carboxylic acids is 3. The van der Waals surface area contributed by atoms with Gasteiger partial charge in [0.25, 0.3) is 17.5 Å². The SMILES string of the molecule is O=C(NN[C@@H]1CC(=O)N(c2ccccc2)C1=O)c1ccc([N+](=O)[O-])cc1. The highest BCUT2D eigenvalue weighted by Gasteiger charge is 2.39. The number of para-hydroxylation sites is 1. The predicted octanol–water partition coefficient (Wildman–Crippen LogP) is 1.16. The van der Waals surface area contributed by atoms with Crippen molar-refractivity contribution in [1.82, 2.24) is 10.9 Å². The van der Waals surface area contributed by atoms with E-state index in [2.05, 4.69) is 10.9 Å². The maximum Gasteiger partial charge on any atom is 0.269 e. The third-order valence-electron chi connectivity index (χ3n) is 3.86. The smallest absolute Gasteiger partial charge is 0.269 e. The molecule has 132 valence electrons. The molecule has 2 N–H and O–H groups in total. The minimum Gasteiger partial charge on any atom is -0.287 e. The molecule has 1 aliphatic heterocycles. The summed E-state index contributed by atoms with van der Waals surface area (Å²) in [6.07, 6.45) is -0.0890. The van der Waals surface area contributed by atoms with E-state index >= 15 is 0 Å². The van der Waals surface area contributed by atoms with E-state index in [1.807, 2.05) is 0 Å². The number of nitro groups is 1. The van der Waals surface area contributed by atoms with Gasteiger partial charge in [-0.25, -0.2) is 10.3 Å². The second-order valence-electron chi connectivity index (χ2n) is 5.56. The first-order chi connectivity index (χ1) is 12.5. The van der Waals surface area contributed by atoms with Gasteiger partial charge in [-0.1, -0.05) is 18.2 Å². The van der Waals surface area contributed by atoms with Gasteiger partial charge >= 0.3 is 0 Å². The third kappa shape index (κ3) is 3.42. The Morgan fingerprint density at radius 2 is 1.73 bits per heavy atom. The molecule has 9 heteroatoms. The standard InChI is InChI=1S/C17H14N4O5/c22-15-10-14(17(24)20(15)12-4-2-1-3-5-12)18-19-16(23)11-6-8-13(9-7-11)21(25)26/h1-9,14,18H,10H2,(H,19,23)/t14-/m1/s1. The van der Waals surface area contributed by atoms with Gasteiger partial charge in [0.15, 0.2) is 0 Å². The number of benzene rings is 2. The van der Waals surface area contributed by atoms with Crippen molar-refractivity contribution in [3.05, 3.63) is 70.3 Å². The van der Waals surface area contributed by atoms with Crippen LogP contribution in [0.25, 0.3) is 0 Å². The summed E-state index contributed by atoms with van der Waals surface area (Å²) in [6.45, 7) is 0. The Kier molecular flexibility index (Phi) is 4.72. The summed E-state index contributed by atoms with van der Waals surface area (Å²) in [6, 6.07) is 12.6. The summed E-state index contributed by atoms with van der Waals surface area (Å²) in [5.74, 6) is -1.41. The van der Waals surface area contributed by atoms with Crippen LogP contribution in [-0.2, 0) is 9.59 Å². The number of rotatable bonds is 5. The fourth-order valence-electron chi connectivity index (χ4n) is 2.55. The van der Waals surface area contributed by atoms with E-state index in [1.165, 1.54) is 24.3 Å². The van der Waals surface area contributed by atoms with Crippen molar-refractivity contribution < 1.29 is 19.3 Å². The number of carbonyl (C=O) groups is 3. The van der Waals surface area contributed by atoms with E-state index < -0.39 is 22.8 Å². The largest absolute Gasteiger partial charge is 0.287 e. The lowest BCUT2D eigenvalue weighted by atomic mass is 10.2. The van der Waals surface area contributed by atoms with Crippen LogP contribution in [0.4, 0.5) is 11.4 Å². The van der Waals surface area contributed by atoms with Crippen LogP contribution in [0.1, 0.15) is 16.8 Å². The highest BCUT2D eigenvalue weighted by atomic mass is 16.6. The molecule has 0 unspecified atom stereocenters. The van der Waals surface area contributed by atoms with Crippen molar-refractivity contribution in [3.8, 4) is 0 Å². The second kappa shape index (κ2) is 7.11. The molecular weight excluding hydrogens is 340 g/mol. The van der Waals surface area contributed by atoms with E-state index in [0.29, 0.717) is 5.69 Å². The summed E-state index contributed by atoms with van der Waals surface area (Å²) < 4.78 is 0. The predicted molar refractivity (Wildman–Crippen MR) is 91.0 cm³/mol. The van der Waals surface area contributed by atoms with Gasteiger partial charge in [0.1, 0.15) is 6.04 Å². The first-order valence-corrected chi connectivity index (χ1v) is 7.69. The molecule has 0 aliphatic carbocycles. The molecule has 2 aromatic rings. The number of nitro benzene ring substituents is 1. The number of nitrogens with one attached hydrogen (secondary N) is 2. The van der Waals surface area contributed by atoms with E-state index in [0.717, 1.165) is 4.90 Å². The minimum absolute atomic E-state index is 0.0890. The average Bonchev–Trinajstić information content (AvgIpc) is 2.94. The molecule has 9 nitrogen and oxygen atoms in total. The van der Waals surface area contributed by atoms with Gasteiger partial charge in [-0.3, -0.25) is 29.9 Å². The molecule has 3 amide bonds. The number of hydrogen-bond acceptors (Lipinski definition) is 6. The molecule has 3 rings (SSSR count). The van der Waals surface area contributed by atoms with E-state index in [4.69, 9.17) is 0 Å². The number of nitrogens with zero attached hydrogens (tertiary/aromatic N) is 2. The Hall–Kier alpha value is -3.59. The lowest BCUT2D eigenvalue weighted by molar-refractivity contribution is -0.384. The van der Waals surface area contributed by atoms with Crippen LogP contribution in [0, 0.1) is 10.1 Å². The van der Waals surface area contributed by atoms with Gasteiger partial charge in [-0.2, -0.15) is 0 Å². The summed E-state index contributed by atoms with van der Waals surface area (Å²) in [5.41, 5.74) is 5.42. The molecular formula is C17H14N4O5. The van der Waals surface area contributed by atoms with Gasteiger partial charge in [0.05, 0.1) is 17.0 Å². The molecule has 1 fully saturated rings. The molecule has 1 heterocycles. The highest BCUT2D eigenvalue weighted by molar-refractivity contribution is 6.22. The number of anilines is 1. The molecule has 26 heavy (non-hydrogen) atoms. The summed E-state index contributed by atoms with van der Waals surface area (Å²) in [4.78, 5) is 47.7. The van der Waals surface area contributed by atoms with Crippen LogP contribution >= 0.6 is 0 Å². The van der Waals surface area contributed by atoms with Gasteiger partial charge < -0.3 is 0 Å². The lowest BCUT2D eigenvalue weighted by Crippen LogP contribution is -2.48. The Labute approximate surface area is 147 Å². The topological polar surface area (TPSA) is 122 Å². The van der Waals surface area contributed by atoms with Crippen molar-refractivity contribution in [3.63, 3.8) is 0 Å². The van der Waals surface area contributed by atoms with Crippen LogP contribution in [0.15, 0.2) is 54.6 Å². The van der Waals surface area contributed by atoms with Crippen molar-refractivity contribution in [2.24, 2.45) is 0 Å². The zero-order valence-corrected chi connectivity index (χ0v) is 13.4. The van der Waals surface area contributed by atoms with E-state index in [1.54, 1.807) is 30.3 Å². The Morgan fingerprint density at radius 1 is 1.08 bits per heavy atom. The third-order valence-corrected chi connectivity index (χ3v) is 3.86. The summed E-state index contributed by atoms with van der Waals surface area (Å²) in [5, 5.41) is 10.6. The summed E-state index contributed by atoms with van der Waals surface area (Å²) >= 11 is 0. The van der Waals surface area contributed by atoms with Crippen LogP contribution in [-0.4, -0.2) is 28.7 Å². The molecule has 0 bridgehead atoms. The van der Waals surface area contributed by atoms with Gasteiger partial charge in [0.2, 0.25) is 5.91 Å². The zero-order valence-electron chi connectivity index (χ0n) is 13.4. The number of hydrazine groups is 1. The van der Waals surface area contributed by atoms with E-state index in [-0.39, 0.29) is 23.6 Å². The van der Waals surface area contributed by atoms with Gasteiger partial charge in [0, 0.05) is 17.7 Å². The Balaban J connectivity index is 1.63. The molecule has 0 saturated carbocycles. The van der Waals surface area contributed by atoms with Crippen molar-refractivity contribution in [1.29, 1.82) is 0 Å². The van der Waals surface area contributed by atoms with Crippen LogP contribution in [0.2, 0.25) is 0 Å². The number of amides is 3. The number of hydrogen-bond donors (Lipinski definition) is 2. The minimum atomic E-state index is -0.885. The number of imide groups is 1. The fraction of sp³-hybridized carbons (Fsp3) is 0.118.